The van der Waals surface area contributed by atoms with Gasteiger partial charge in [-0.05, 0) is 6.92 Å². The predicted molar refractivity (Wildman–Crippen MR) is 51.6 cm³/mol. The molecule has 1 fully saturated rings. The predicted octanol–water partition coefficient (Wildman–Crippen LogP) is -1.28. The largest absolute Gasteiger partial charge is 0.465 e. The van der Waals surface area contributed by atoms with Gasteiger partial charge in [0.05, 0.1) is 12.6 Å². The third-order valence-electron chi connectivity index (χ3n) is 2.47. The number of nitrogens with one attached hydrogen (secondary N) is 2. The van der Waals surface area contributed by atoms with Crippen molar-refractivity contribution < 1.29 is 14.7 Å². The summed E-state index contributed by atoms with van der Waals surface area (Å²) in [5, 5.41) is 17.3. The number of hydrogen-bond acceptors (Lipinski definition) is 4. The monoisotopic (exact) mass is 225 g/mol. The van der Waals surface area contributed by atoms with Crippen molar-refractivity contribution in [1.29, 1.82) is 0 Å². The van der Waals surface area contributed by atoms with Gasteiger partial charge in [0.15, 0.2) is 0 Å². The van der Waals surface area contributed by atoms with Gasteiger partial charge in [0, 0.05) is 0 Å². The molecule has 86 valence electrons. The van der Waals surface area contributed by atoms with E-state index in [1.54, 1.807) is 11.6 Å². The van der Waals surface area contributed by atoms with E-state index >= 15 is 0 Å². The first-order chi connectivity index (χ1) is 7.58. The zero-order valence-electron chi connectivity index (χ0n) is 8.54. The lowest BCUT2D eigenvalue weighted by Crippen LogP contribution is -2.70. The summed E-state index contributed by atoms with van der Waals surface area (Å²) in [4.78, 5) is 25.5. The molecule has 0 aliphatic carbocycles. The second-order valence-corrected chi connectivity index (χ2v) is 3.53. The topological polar surface area (TPSA) is 109 Å². The van der Waals surface area contributed by atoms with E-state index in [9.17, 15) is 9.59 Å². The lowest BCUT2D eigenvalue weighted by Gasteiger charge is -2.36. The molecule has 0 radical (unpaired) electrons. The molecule has 0 saturated carbocycles. The van der Waals surface area contributed by atoms with Gasteiger partial charge in [-0.3, -0.25) is 4.79 Å². The van der Waals surface area contributed by atoms with E-state index in [1.165, 1.54) is 6.33 Å². The molecule has 2 amide bonds. The summed E-state index contributed by atoms with van der Waals surface area (Å²) in [6, 6.07) is -0.981. The number of carbonyl (C=O) groups excluding carboxylic acids is 1. The van der Waals surface area contributed by atoms with Crippen LogP contribution in [0.15, 0.2) is 6.33 Å². The highest BCUT2D eigenvalue weighted by molar-refractivity contribution is 5.91. The van der Waals surface area contributed by atoms with Crippen LogP contribution in [0.1, 0.15) is 5.82 Å². The Bertz CT molecular complexity index is 429. The number of β-lactam (4-membered cyclic amide) rings is 1. The summed E-state index contributed by atoms with van der Waals surface area (Å²) >= 11 is 0. The van der Waals surface area contributed by atoms with Crippen molar-refractivity contribution in [2.45, 2.75) is 25.6 Å². The number of hydrogen-bond donors (Lipinski definition) is 3. The van der Waals surface area contributed by atoms with Gasteiger partial charge >= 0.3 is 6.09 Å². The standard InChI is InChI=1S/C8H11N5O3/c1-4-9-3-10-13(4)2-5-6(7(14)11-5)12-8(15)16/h3,5-6,12H,2H2,1H3,(H,11,14)(H,15,16)/t5-,6-/m0/s1. The number of nitrogens with zero attached hydrogens (tertiary/aromatic N) is 3. The molecule has 3 N–H and O–H groups in total. The zero-order valence-corrected chi connectivity index (χ0v) is 8.54. The quantitative estimate of drug-likeness (QED) is 0.555. The van der Waals surface area contributed by atoms with Gasteiger partial charge in [0.1, 0.15) is 18.2 Å². The minimum Gasteiger partial charge on any atom is -0.465 e. The molecule has 8 heteroatoms. The minimum atomic E-state index is -1.21. The summed E-state index contributed by atoms with van der Waals surface area (Å²) in [6.07, 6.45) is 0.204. The molecule has 1 aliphatic rings. The molecule has 1 aliphatic heterocycles. The van der Waals surface area contributed by atoms with Crippen LogP contribution in [0.3, 0.4) is 0 Å². The van der Waals surface area contributed by atoms with Gasteiger partial charge in [0.2, 0.25) is 5.91 Å². The van der Waals surface area contributed by atoms with Gasteiger partial charge in [-0.1, -0.05) is 0 Å². The van der Waals surface area contributed by atoms with Gasteiger partial charge < -0.3 is 15.7 Å². The van der Waals surface area contributed by atoms with Crippen LogP contribution in [0.5, 0.6) is 0 Å². The van der Waals surface area contributed by atoms with Gasteiger partial charge in [-0.15, -0.1) is 0 Å². The maximum Gasteiger partial charge on any atom is 0.405 e. The smallest absolute Gasteiger partial charge is 0.405 e. The van der Waals surface area contributed by atoms with Crippen LogP contribution in [0.4, 0.5) is 4.79 Å². The first-order valence-electron chi connectivity index (χ1n) is 4.72. The summed E-state index contributed by atoms with van der Waals surface area (Å²) in [7, 11) is 0. The molecule has 2 atom stereocenters. The SMILES string of the molecule is Cc1ncnn1C[C@@H]1NC(=O)[C@H]1NC(=O)O. The molecule has 2 rings (SSSR count). The fraction of sp³-hybridized carbons (Fsp3) is 0.500. The third-order valence-corrected chi connectivity index (χ3v) is 2.47. The van der Waals surface area contributed by atoms with Crippen LogP contribution in [-0.4, -0.2) is 44.0 Å². The Morgan fingerprint density at radius 2 is 2.50 bits per heavy atom. The van der Waals surface area contributed by atoms with E-state index in [0.29, 0.717) is 6.54 Å². The minimum absolute atomic E-state index is 0.274. The molecule has 1 saturated heterocycles. The highest BCUT2D eigenvalue weighted by Gasteiger charge is 2.40. The highest BCUT2D eigenvalue weighted by atomic mass is 16.4. The van der Waals surface area contributed by atoms with E-state index in [4.69, 9.17) is 5.11 Å². The number of aryl methyl sites for hydroxylation is 1. The Morgan fingerprint density at radius 3 is 3.00 bits per heavy atom. The number of rotatable bonds is 3. The second-order valence-electron chi connectivity index (χ2n) is 3.53. The number of aromatic nitrogens is 3. The van der Waals surface area contributed by atoms with Crippen LogP contribution < -0.4 is 10.6 Å². The number of amides is 2. The fourth-order valence-electron chi connectivity index (χ4n) is 1.58. The Morgan fingerprint density at radius 1 is 1.75 bits per heavy atom. The molecular formula is C8H11N5O3. The first kappa shape index (κ1) is 10.4. The van der Waals surface area contributed by atoms with E-state index in [-0.39, 0.29) is 11.9 Å². The second kappa shape index (κ2) is 3.80. The maximum atomic E-state index is 11.1. The van der Waals surface area contributed by atoms with Crippen molar-refractivity contribution in [3.63, 3.8) is 0 Å². The van der Waals surface area contributed by atoms with E-state index in [1.807, 2.05) is 0 Å². The van der Waals surface area contributed by atoms with Crippen LogP contribution >= 0.6 is 0 Å². The van der Waals surface area contributed by atoms with Crippen LogP contribution in [-0.2, 0) is 11.3 Å². The van der Waals surface area contributed by atoms with Crippen molar-refractivity contribution in [1.82, 2.24) is 25.4 Å². The molecule has 0 unspecified atom stereocenters. The summed E-state index contributed by atoms with van der Waals surface area (Å²) in [5.41, 5.74) is 0. The molecular weight excluding hydrogens is 214 g/mol. The molecule has 0 bridgehead atoms. The lowest BCUT2D eigenvalue weighted by molar-refractivity contribution is -0.131. The molecule has 16 heavy (non-hydrogen) atoms. The molecule has 8 nitrogen and oxygen atoms in total. The average molecular weight is 225 g/mol. The van der Waals surface area contributed by atoms with Crippen LogP contribution in [0.2, 0.25) is 0 Å². The first-order valence-corrected chi connectivity index (χ1v) is 4.72. The Hall–Kier alpha value is -2.12. The average Bonchev–Trinajstić information content (AvgIpc) is 2.61. The van der Waals surface area contributed by atoms with Crippen molar-refractivity contribution >= 4 is 12.0 Å². The Labute approximate surface area is 90.7 Å². The summed E-state index contributed by atoms with van der Waals surface area (Å²) in [6.45, 7) is 2.19. The number of carbonyl (C=O) groups is 2. The zero-order chi connectivity index (χ0) is 11.7. The highest BCUT2D eigenvalue weighted by Crippen LogP contribution is 2.09. The van der Waals surface area contributed by atoms with Crippen molar-refractivity contribution in [2.24, 2.45) is 0 Å². The van der Waals surface area contributed by atoms with Crippen molar-refractivity contribution in [3.8, 4) is 0 Å². The van der Waals surface area contributed by atoms with Gasteiger partial charge in [0.25, 0.3) is 0 Å². The van der Waals surface area contributed by atoms with Gasteiger partial charge in [-0.25, -0.2) is 14.5 Å². The van der Waals surface area contributed by atoms with E-state index in [2.05, 4.69) is 20.7 Å². The van der Waals surface area contributed by atoms with Gasteiger partial charge in [-0.2, -0.15) is 5.10 Å². The van der Waals surface area contributed by atoms with E-state index < -0.39 is 12.1 Å². The molecule has 1 aromatic rings. The molecule has 0 aromatic carbocycles. The van der Waals surface area contributed by atoms with E-state index in [0.717, 1.165) is 5.82 Å². The molecule has 2 heterocycles. The van der Waals surface area contributed by atoms with Crippen LogP contribution in [0.25, 0.3) is 0 Å². The van der Waals surface area contributed by atoms with Crippen molar-refractivity contribution in [3.05, 3.63) is 12.2 Å². The number of carboxylic acid groups (broad SMARTS) is 1. The maximum absolute atomic E-state index is 11.1. The third kappa shape index (κ3) is 1.81. The molecule has 1 aromatic heterocycles. The lowest BCUT2D eigenvalue weighted by atomic mass is 9.99. The Kier molecular flexibility index (Phi) is 2.47. The normalized spacial score (nSPS) is 23.4. The molecule has 0 spiro atoms. The van der Waals surface area contributed by atoms with Crippen LogP contribution in [0, 0.1) is 6.92 Å². The summed E-state index contributed by atoms with van der Waals surface area (Å²) in [5.74, 6) is 0.403. The summed E-state index contributed by atoms with van der Waals surface area (Å²) < 4.78 is 1.61. The fourth-order valence-corrected chi connectivity index (χ4v) is 1.58. The van der Waals surface area contributed by atoms with Crippen molar-refractivity contribution in [2.75, 3.05) is 0 Å². The Balaban J connectivity index is 1.99.